The van der Waals surface area contributed by atoms with Crippen molar-refractivity contribution >= 4 is 41.0 Å². The molecule has 42 heavy (non-hydrogen) atoms. The SMILES string of the molecule is CC(C)(C)CCOc1cccc(-c2ccc(C=Cc3nc(-c4ccc(Cl)cc4Cl)cn3Cc3ccc(N)cc3)cc2)c1. The molecule has 0 bridgehead atoms. The normalized spacial score (nSPS) is 11.7. The first-order valence-electron chi connectivity index (χ1n) is 14.0. The maximum absolute atomic E-state index is 6.52. The molecule has 0 aliphatic rings. The van der Waals surface area contributed by atoms with Gasteiger partial charge in [0.1, 0.15) is 11.6 Å². The topological polar surface area (TPSA) is 53.1 Å². The molecule has 0 fully saturated rings. The fourth-order valence-corrected chi connectivity index (χ4v) is 5.04. The lowest BCUT2D eigenvalue weighted by atomic mass is 9.93. The van der Waals surface area contributed by atoms with E-state index in [0.717, 1.165) is 57.2 Å². The first-order valence-corrected chi connectivity index (χ1v) is 14.8. The van der Waals surface area contributed by atoms with Gasteiger partial charge in [-0.05, 0) is 82.6 Å². The smallest absolute Gasteiger partial charge is 0.133 e. The second-order valence-corrected chi connectivity index (χ2v) is 12.5. The van der Waals surface area contributed by atoms with Crippen LogP contribution >= 0.6 is 23.2 Å². The molecule has 214 valence electrons. The highest BCUT2D eigenvalue weighted by Gasteiger charge is 2.13. The van der Waals surface area contributed by atoms with Gasteiger partial charge in [-0.2, -0.15) is 0 Å². The number of aromatic nitrogens is 2. The van der Waals surface area contributed by atoms with Crippen molar-refractivity contribution in [3.05, 3.63) is 124 Å². The Labute approximate surface area is 258 Å². The van der Waals surface area contributed by atoms with Gasteiger partial charge in [0.2, 0.25) is 0 Å². The monoisotopic (exact) mass is 595 g/mol. The summed E-state index contributed by atoms with van der Waals surface area (Å²) in [4.78, 5) is 4.92. The second-order valence-electron chi connectivity index (χ2n) is 11.6. The van der Waals surface area contributed by atoms with Crippen molar-refractivity contribution < 1.29 is 4.74 Å². The largest absolute Gasteiger partial charge is 0.494 e. The lowest BCUT2D eigenvalue weighted by Crippen LogP contribution is -2.11. The second kappa shape index (κ2) is 12.9. The number of nitrogens with two attached hydrogens (primary N) is 1. The molecule has 5 rings (SSSR count). The van der Waals surface area contributed by atoms with Crippen LogP contribution in [-0.2, 0) is 6.54 Å². The van der Waals surface area contributed by atoms with E-state index in [4.69, 9.17) is 38.7 Å². The molecule has 0 amide bonds. The highest BCUT2D eigenvalue weighted by Crippen LogP contribution is 2.31. The van der Waals surface area contributed by atoms with Crippen LogP contribution in [0.1, 0.15) is 44.1 Å². The molecule has 2 N–H and O–H groups in total. The summed E-state index contributed by atoms with van der Waals surface area (Å²) in [5.74, 6) is 1.71. The Morgan fingerprint density at radius 2 is 1.62 bits per heavy atom. The molecule has 5 aromatic rings. The van der Waals surface area contributed by atoms with Crippen molar-refractivity contribution in [1.82, 2.24) is 9.55 Å². The standard InChI is InChI=1S/C36H35Cl2N3O/c1-36(2,3)19-20-42-31-6-4-5-28(21-31)27-12-7-25(8-13-27)11-18-35-40-34(32-17-14-29(37)22-33(32)38)24-41(35)23-26-9-15-30(39)16-10-26/h4-18,21-22,24H,19-20,23,39H2,1-3H3. The third-order valence-electron chi connectivity index (χ3n) is 6.97. The molecule has 0 radical (unpaired) electrons. The molecule has 1 heterocycles. The molecule has 0 aliphatic carbocycles. The zero-order valence-electron chi connectivity index (χ0n) is 24.1. The first kappa shape index (κ1) is 29.5. The molecule has 0 unspecified atom stereocenters. The van der Waals surface area contributed by atoms with Crippen LogP contribution in [0.3, 0.4) is 0 Å². The van der Waals surface area contributed by atoms with Crippen LogP contribution < -0.4 is 10.5 Å². The number of hydrogen-bond donors (Lipinski definition) is 1. The fourth-order valence-electron chi connectivity index (χ4n) is 4.53. The predicted octanol–water partition coefficient (Wildman–Crippen LogP) is 10.1. The lowest BCUT2D eigenvalue weighted by molar-refractivity contribution is 0.243. The third-order valence-corrected chi connectivity index (χ3v) is 7.52. The predicted molar refractivity (Wildman–Crippen MR) is 178 cm³/mol. The summed E-state index contributed by atoms with van der Waals surface area (Å²) in [7, 11) is 0. The van der Waals surface area contributed by atoms with Crippen molar-refractivity contribution in [3.8, 4) is 28.1 Å². The molecule has 0 atom stereocenters. The molecular weight excluding hydrogens is 561 g/mol. The Kier molecular flexibility index (Phi) is 9.06. The molecule has 0 spiro atoms. The van der Waals surface area contributed by atoms with Gasteiger partial charge in [0.15, 0.2) is 0 Å². The van der Waals surface area contributed by atoms with Crippen molar-refractivity contribution in [2.75, 3.05) is 12.3 Å². The quantitative estimate of drug-likeness (QED) is 0.172. The summed E-state index contributed by atoms with van der Waals surface area (Å²) in [5, 5.41) is 1.16. The number of nitrogens with zero attached hydrogens (tertiary/aromatic N) is 2. The number of ether oxygens (including phenoxy) is 1. The zero-order valence-corrected chi connectivity index (χ0v) is 25.7. The summed E-state index contributed by atoms with van der Waals surface area (Å²) in [6.45, 7) is 8.03. The van der Waals surface area contributed by atoms with Crippen LogP contribution in [-0.4, -0.2) is 16.2 Å². The summed E-state index contributed by atoms with van der Waals surface area (Å²) in [6.07, 6.45) is 7.13. The Hall–Kier alpha value is -3.99. The summed E-state index contributed by atoms with van der Waals surface area (Å²) < 4.78 is 8.13. The number of anilines is 1. The van der Waals surface area contributed by atoms with Crippen LogP contribution in [0, 0.1) is 5.41 Å². The van der Waals surface area contributed by atoms with E-state index >= 15 is 0 Å². The Morgan fingerprint density at radius 3 is 2.33 bits per heavy atom. The van der Waals surface area contributed by atoms with Gasteiger partial charge in [0.25, 0.3) is 0 Å². The number of hydrogen-bond acceptors (Lipinski definition) is 3. The molecular formula is C36H35Cl2N3O. The third kappa shape index (κ3) is 7.84. The van der Waals surface area contributed by atoms with E-state index < -0.39 is 0 Å². The highest BCUT2D eigenvalue weighted by molar-refractivity contribution is 6.36. The number of benzene rings is 4. The lowest BCUT2D eigenvalue weighted by Gasteiger charge is -2.18. The molecule has 4 aromatic carbocycles. The Morgan fingerprint density at radius 1 is 0.857 bits per heavy atom. The van der Waals surface area contributed by atoms with Crippen LogP contribution in [0.15, 0.2) is 97.2 Å². The van der Waals surface area contributed by atoms with E-state index in [9.17, 15) is 0 Å². The van der Waals surface area contributed by atoms with Crippen LogP contribution in [0.2, 0.25) is 10.0 Å². The van der Waals surface area contributed by atoms with E-state index in [0.29, 0.717) is 23.2 Å². The number of imidazole rings is 1. The number of halogens is 2. The van der Waals surface area contributed by atoms with E-state index in [2.05, 4.69) is 67.8 Å². The van der Waals surface area contributed by atoms with Gasteiger partial charge in [-0.1, -0.05) is 98.6 Å². The highest BCUT2D eigenvalue weighted by atomic mass is 35.5. The number of rotatable bonds is 9. The Bertz CT molecular complexity index is 1680. The molecule has 0 saturated carbocycles. The maximum Gasteiger partial charge on any atom is 0.133 e. The van der Waals surface area contributed by atoms with Gasteiger partial charge in [0.05, 0.1) is 17.3 Å². The summed E-state index contributed by atoms with van der Waals surface area (Å²) >= 11 is 12.7. The molecule has 6 heteroatoms. The molecule has 0 aliphatic heterocycles. The summed E-state index contributed by atoms with van der Waals surface area (Å²) in [6, 6.07) is 30.1. The van der Waals surface area contributed by atoms with E-state index in [1.54, 1.807) is 6.07 Å². The van der Waals surface area contributed by atoms with Crippen LogP contribution in [0.25, 0.3) is 34.5 Å². The minimum absolute atomic E-state index is 0.249. The molecule has 4 nitrogen and oxygen atoms in total. The van der Waals surface area contributed by atoms with E-state index in [1.807, 2.05) is 60.8 Å². The van der Waals surface area contributed by atoms with Crippen LogP contribution in [0.4, 0.5) is 5.69 Å². The average Bonchev–Trinajstić information content (AvgIpc) is 3.35. The van der Waals surface area contributed by atoms with E-state index in [1.165, 1.54) is 0 Å². The van der Waals surface area contributed by atoms with Crippen LogP contribution in [0.5, 0.6) is 5.75 Å². The minimum Gasteiger partial charge on any atom is -0.494 e. The first-order chi connectivity index (χ1) is 20.1. The molecule has 1 aromatic heterocycles. The fraction of sp³-hybridized carbons (Fsp3) is 0.194. The van der Waals surface area contributed by atoms with Gasteiger partial charge in [-0.3, -0.25) is 0 Å². The van der Waals surface area contributed by atoms with Gasteiger partial charge < -0.3 is 15.0 Å². The van der Waals surface area contributed by atoms with Gasteiger partial charge in [-0.25, -0.2) is 4.98 Å². The van der Waals surface area contributed by atoms with Gasteiger partial charge in [0, 0.05) is 29.0 Å². The summed E-state index contributed by atoms with van der Waals surface area (Å²) in [5.41, 5.74) is 13.0. The zero-order chi connectivity index (χ0) is 29.7. The van der Waals surface area contributed by atoms with Crippen molar-refractivity contribution in [3.63, 3.8) is 0 Å². The van der Waals surface area contributed by atoms with Crippen molar-refractivity contribution in [1.29, 1.82) is 0 Å². The average molecular weight is 597 g/mol. The minimum atomic E-state index is 0.249. The van der Waals surface area contributed by atoms with Gasteiger partial charge >= 0.3 is 0 Å². The number of nitrogen functional groups attached to an aromatic ring is 1. The van der Waals surface area contributed by atoms with Gasteiger partial charge in [-0.15, -0.1) is 0 Å². The van der Waals surface area contributed by atoms with Crippen molar-refractivity contribution in [2.24, 2.45) is 5.41 Å². The Balaban J connectivity index is 1.36. The van der Waals surface area contributed by atoms with Crippen molar-refractivity contribution in [2.45, 2.75) is 33.7 Å². The molecule has 0 saturated heterocycles. The van der Waals surface area contributed by atoms with E-state index in [-0.39, 0.29) is 5.41 Å². The maximum atomic E-state index is 6.52.